The molecule has 1 aromatic carbocycles. The summed E-state index contributed by atoms with van der Waals surface area (Å²) in [6, 6.07) is 4.89. The van der Waals surface area contributed by atoms with Crippen molar-refractivity contribution in [3.05, 3.63) is 30.9 Å². The van der Waals surface area contributed by atoms with Gasteiger partial charge in [-0.25, -0.2) is 13.4 Å². The van der Waals surface area contributed by atoms with Crippen LogP contribution in [0.25, 0.3) is 11.0 Å². The Morgan fingerprint density at radius 1 is 1.52 bits per heavy atom. The molecule has 0 atom stereocenters. The zero-order chi connectivity index (χ0) is 15.6. The van der Waals surface area contributed by atoms with Crippen LogP contribution in [-0.2, 0) is 21.2 Å². The predicted octanol–water partition coefficient (Wildman–Crippen LogP) is 1.80. The molecule has 0 aliphatic heterocycles. The molecule has 0 fully saturated rings. The number of carboxylic acid groups (broad SMARTS) is 1. The third-order valence-corrected chi connectivity index (χ3v) is 4.83. The average molecular weight is 326 g/mol. The Hall–Kier alpha value is -1.80. The maximum absolute atomic E-state index is 11.8. The van der Waals surface area contributed by atoms with Gasteiger partial charge in [-0.2, -0.15) is 0 Å². The summed E-state index contributed by atoms with van der Waals surface area (Å²) in [6.45, 7) is 4.08. The first-order chi connectivity index (χ1) is 9.84. The zero-order valence-corrected chi connectivity index (χ0v) is 12.9. The van der Waals surface area contributed by atoms with Gasteiger partial charge in [-0.3, -0.25) is 4.79 Å². The van der Waals surface area contributed by atoms with E-state index in [2.05, 4.69) is 11.6 Å². The fourth-order valence-corrected chi connectivity index (χ4v) is 3.51. The molecule has 1 heterocycles. The summed E-state index contributed by atoms with van der Waals surface area (Å²) < 4.78 is 25.4. The number of benzene rings is 1. The van der Waals surface area contributed by atoms with Crippen molar-refractivity contribution in [1.29, 1.82) is 0 Å². The predicted molar refractivity (Wildman–Crippen MR) is 81.4 cm³/mol. The Labute approximate surface area is 126 Å². The second kappa shape index (κ2) is 5.90. The number of carboxylic acids is 1. The third-order valence-electron chi connectivity index (χ3n) is 2.74. The first-order valence-electron chi connectivity index (χ1n) is 5.99. The summed E-state index contributed by atoms with van der Waals surface area (Å²) in [7, 11) is -3.41. The highest BCUT2D eigenvalue weighted by molar-refractivity contribution is 7.99. The largest absolute Gasteiger partial charge is 0.481 e. The molecule has 2 aromatic rings. The van der Waals surface area contributed by atoms with E-state index in [4.69, 9.17) is 5.11 Å². The van der Waals surface area contributed by atoms with Gasteiger partial charge in [0.05, 0.1) is 16.2 Å². The van der Waals surface area contributed by atoms with Gasteiger partial charge in [-0.1, -0.05) is 23.9 Å². The van der Waals surface area contributed by atoms with E-state index < -0.39 is 15.8 Å². The maximum atomic E-state index is 11.8. The van der Waals surface area contributed by atoms with Crippen LogP contribution in [0.2, 0.25) is 0 Å². The Bertz CT molecular complexity index is 809. The van der Waals surface area contributed by atoms with Crippen molar-refractivity contribution in [2.75, 3.05) is 12.0 Å². The minimum Gasteiger partial charge on any atom is -0.481 e. The minimum absolute atomic E-state index is 0.139. The molecule has 0 spiro atoms. The fourth-order valence-electron chi connectivity index (χ4n) is 1.94. The first-order valence-corrected chi connectivity index (χ1v) is 8.87. The van der Waals surface area contributed by atoms with Gasteiger partial charge in [0, 0.05) is 12.8 Å². The standard InChI is InChI=1S/C13H14N2O4S2/c1-3-7-15-9-5-4-6-10(21(2,18)19)12(9)14-13(15)20-8-11(16)17/h3-6H,1,7-8H2,2H3,(H,16,17). The molecule has 0 aliphatic carbocycles. The summed E-state index contributed by atoms with van der Waals surface area (Å²) >= 11 is 1.05. The lowest BCUT2D eigenvalue weighted by Crippen LogP contribution is -2.02. The molecule has 21 heavy (non-hydrogen) atoms. The molecule has 0 bridgehead atoms. The smallest absolute Gasteiger partial charge is 0.313 e. The molecule has 1 N–H and O–H groups in total. The molecule has 0 amide bonds. The summed E-state index contributed by atoms with van der Waals surface area (Å²) in [5, 5.41) is 9.24. The fraction of sp³-hybridized carbons (Fsp3) is 0.231. The highest BCUT2D eigenvalue weighted by Crippen LogP contribution is 2.28. The number of hydrogen-bond donors (Lipinski definition) is 1. The van der Waals surface area contributed by atoms with E-state index in [1.807, 2.05) is 0 Å². The monoisotopic (exact) mass is 326 g/mol. The van der Waals surface area contributed by atoms with E-state index in [9.17, 15) is 13.2 Å². The van der Waals surface area contributed by atoms with Crippen molar-refractivity contribution in [1.82, 2.24) is 9.55 Å². The second-order valence-corrected chi connectivity index (χ2v) is 7.30. The van der Waals surface area contributed by atoms with E-state index in [0.717, 1.165) is 18.0 Å². The van der Waals surface area contributed by atoms with Crippen molar-refractivity contribution in [3.63, 3.8) is 0 Å². The second-order valence-electron chi connectivity index (χ2n) is 4.37. The Kier molecular flexibility index (Phi) is 4.38. The molecule has 0 saturated heterocycles. The van der Waals surface area contributed by atoms with Gasteiger partial charge in [-0.05, 0) is 12.1 Å². The lowest BCUT2D eigenvalue weighted by atomic mass is 10.3. The van der Waals surface area contributed by atoms with Crippen LogP contribution < -0.4 is 0 Å². The SMILES string of the molecule is C=CCn1c(SCC(=O)O)nc2c(S(C)(=O)=O)cccc21. The number of thioether (sulfide) groups is 1. The molecular formula is C13H14N2O4S2. The van der Waals surface area contributed by atoms with E-state index in [1.54, 1.807) is 22.8 Å². The number of hydrogen-bond acceptors (Lipinski definition) is 5. The van der Waals surface area contributed by atoms with E-state index in [1.165, 1.54) is 6.07 Å². The molecule has 0 unspecified atom stereocenters. The van der Waals surface area contributed by atoms with Crippen molar-refractivity contribution < 1.29 is 18.3 Å². The number of aliphatic carboxylic acids is 1. The van der Waals surface area contributed by atoms with Crippen LogP contribution in [0, 0.1) is 0 Å². The molecule has 0 radical (unpaired) electrons. The van der Waals surface area contributed by atoms with Crippen molar-refractivity contribution >= 4 is 38.6 Å². The van der Waals surface area contributed by atoms with E-state index in [-0.39, 0.29) is 10.6 Å². The van der Waals surface area contributed by atoms with Gasteiger partial charge in [0.1, 0.15) is 5.52 Å². The van der Waals surface area contributed by atoms with Gasteiger partial charge < -0.3 is 9.67 Å². The summed E-state index contributed by atoms with van der Waals surface area (Å²) in [5.74, 6) is -1.10. The summed E-state index contributed by atoms with van der Waals surface area (Å²) in [5.41, 5.74) is 1.00. The van der Waals surface area contributed by atoms with Gasteiger partial charge in [0.2, 0.25) is 0 Å². The number of para-hydroxylation sites is 1. The van der Waals surface area contributed by atoms with Crippen molar-refractivity contribution in [2.24, 2.45) is 0 Å². The molecule has 112 valence electrons. The number of sulfone groups is 1. The van der Waals surface area contributed by atoms with Gasteiger partial charge in [-0.15, -0.1) is 6.58 Å². The zero-order valence-electron chi connectivity index (χ0n) is 11.3. The number of imidazole rings is 1. The lowest BCUT2D eigenvalue weighted by Gasteiger charge is -2.05. The number of aromatic nitrogens is 2. The summed E-state index contributed by atoms with van der Waals surface area (Å²) in [4.78, 5) is 15.2. The quantitative estimate of drug-likeness (QED) is 0.643. The van der Waals surface area contributed by atoms with Gasteiger partial charge in [0.15, 0.2) is 15.0 Å². The number of fused-ring (bicyclic) bond motifs is 1. The molecule has 6 nitrogen and oxygen atoms in total. The van der Waals surface area contributed by atoms with Crippen LogP contribution in [0.3, 0.4) is 0 Å². The number of rotatable bonds is 6. The Balaban J connectivity index is 2.66. The molecule has 2 rings (SSSR count). The van der Waals surface area contributed by atoms with Crippen molar-refractivity contribution in [3.8, 4) is 0 Å². The molecule has 8 heteroatoms. The van der Waals surface area contributed by atoms with Crippen LogP contribution in [-0.4, -0.2) is 41.1 Å². The topological polar surface area (TPSA) is 89.3 Å². The van der Waals surface area contributed by atoms with Crippen LogP contribution >= 0.6 is 11.8 Å². The van der Waals surface area contributed by atoms with Crippen LogP contribution in [0.1, 0.15) is 0 Å². The van der Waals surface area contributed by atoms with Gasteiger partial charge in [0.25, 0.3) is 0 Å². The molecule has 0 aliphatic rings. The highest BCUT2D eigenvalue weighted by Gasteiger charge is 2.18. The van der Waals surface area contributed by atoms with Gasteiger partial charge >= 0.3 is 5.97 Å². The normalized spacial score (nSPS) is 11.7. The average Bonchev–Trinajstić information content (AvgIpc) is 2.74. The molecule has 1 aromatic heterocycles. The number of allylic oxidation sites excluding steroid dienone is 1. The lowest BCUT2D eigenvalue weighted by molar-refractivity contribution is -0.133. The van der Waals surface area contributed by atoms with E-state index in [0.29, 0.717) is 22.7 Å². The number of nitrogens with zero attached hydrogens (tertiary/aromatic N) is 2. The van der Waals surface area contributed by atoms with Crippen molar-refractivity contribution in [2.45, 2.75) is 16.6 Å². The molecular weight excluding hydrogens is 312 g/mol. The van der Waals surface area contributed by atoms with Crippen LogP contribution in [0.15, 0.2) is 40.9 Å². The molecule has 0 saturated carbocycles. The maximum Gasteiger partial charge on any atom is 0.313 e. The van der Waals surface area contributed by atoms with Crippen LogP contribution in [0.4, 0.5) is 0 Å². The first kappa shape index (κ1) is 15.6. The third kappa shape index (κ3) is 3.27. The summed E-state index contributed by atoms with van der Waals surface area (Å²) in [6.07, 6.45) is 2.78. The highest BCUT2D eigenvalue weighted by atomic mass is 32.2. The van der Waals surface area contributed by atoms with Crippen LogP contribution in [0.5, 0.6) is 0 Å². The van der Waals surface area contributed by atoms with E-state index >= 15 is 0 Å². The number of carbonyl (C=O) groups is 1. The Morgan fingerprint density at radius 2 is 2.24 bits per heavy atom. The minimum atomic E-state index is -3.41. The Morgan fingerprint density at radius 3 is 2.81 bits per heavy atom.